The highest BCUT2D eigenvalue weighted by molar-refractivity contribution is 14.0. The molecule has 1 heterocycles. The molecule has 2 rings (SSSR count). The second-order valence-corrected chi connectivity index (χ2v) is 8.62. The maximum atomic E-state index is 11.4. The van der Waals surface area contributed by atoms with Crippen molar-refractivity contribution in [2.45, 2.75) is 57.4 Å². The zero-order valence-corrected chi connectivity index (χ0v) is 16.7. The second kappa shape index (κ2) is 9.95. The van der Waals surface area contributed by atoms with Gasteiger partial charge in [-0.15, -0.1) is 24.0 Å². The summed E-state index contributed by atoms with van der Waals surface area (Å²) in [6.45, 7) is 0.912. The fourth-order valence-electron chi connectivity index (χ4n) is 3.37. The summed E-state index contributed by atoms with van der Waals surface area (Å²) in [6.07, 6.45) is 10.1. The summed E-state index contributed by atoms with van der Waals surface area (Å²) in [7, 11) is -1.10. The predicted octanol–water partition coefficient (Wildman–Crippen LogP) is 2.32. The van der Waals surface area contributed by atoms with Gasteiger partial charge in [0.05, 0.1) is 11.5 Å². The number of nitrogens with one attached hydrogen (secondary N) is 2. The summed E-state index contributed by atoms with van der Waals surface area (Å²) in [4.78, 5) is 4.18. The van der Waals surface area contributed by atoms with E-state index >= 15 is 0 Å². The first-order valence-corrected chi connectivity index (χ1v) is 10.1. The van der Waals surface area contributed by atoms with E-state index in [-0.39, 0.29) is 35.8 Å². The molecule has 22 heavy (non-hydrogen) atoms. The van der Waals surface area contributed by atoms with Crippen LogP contribution in [0.15, 0.2) is 4.99 Å². The topological polar surface area (TPSA) is 70.6 Å². The third-order valence-electron chi connectivity index (χ3n) is 4.60. The van der Waals surface area contributed by atoms with Crippen LogP contribution in [0.3, 0.4) is 0 Å². The van der Waals surface area contributed by atoms with Gasteiger partial charge >= 0.3 is 0 Å². The van der Waals surface area contributed by atoms with E-state index in [9.17, 15) is 8.42 Å². The van der Waals surface area contributed by atoms with Gasteiger partial charge in [-0.25, -0.2) is 8.42 Å². The van der Waals surface area contributed by atoms with Crippen molar-refractivity contribution in [2.24, 2.45) is 10.9 Å². The van der Waals surface area contributed by atoms with E-state index < -0.39 is 9.84 Å². The van der Waals surface area contributed by atoms with Crippen molar-refractivity contribution in [1.29, 1.82) is 0 Å². The lowest BCUT2D eigenvalue weighted by molar-refractivity contribution is 0.332. The third-order valence-corrected chi connectivity index (χ3v) is 6.37. The van der Waals surface area contributed by atoms with Crippen LogP contribution >= 0.6 is 24.0 Å². The van der Waals surface area contributed by atoms with Gasteiger partial charge in [0.15, 0.2) is 15.8 Å². The van der Waals surface area contributed by atoms with Gasteiger partial charge in [0.1, 0.15) is 0 Å². The number of hydrogen-bond acceptors (Lipinski definition) is 3. The van der Waals surface area contributed by atoms with E-state index in [1.54, 1.807) is 7.05 Å². The van der Waals surface area contributed by atoms with Crippen molar-refractivity contribution in [2.75, 3.05) is 25.1 Å². The maximum Gasteiger partial charge on any atom is 0.191 e. The van der Waals surface area contributed by atoms with Crippen molar-refractivity contribution in [1.82, 2.24) is 10.6 Å². The normalized spacial score (nSPS) is 25.5. The fraction of sp³-hybridized carbons (Fsp3) is 0.933. The Morgan fingerprint density at radius 1 is 1.18 bits per heavy atom. The molecule has 7 heteroatoms. The summed E-state index contributed by atoms with van der Waals surface area (Å²) in [5.74, 6) is 2.18. The standard InChI is InChI=1S/C15H29N3O2S.HI/c1-16-15(18-14-9-11-21(19,20)12-14)17-10-5-8-13-6-3-2-4-7-13;/h13-14H,2-12H2,1H3,(H2,16,17,18);1H. The van der Waals surface area contributed by atoms with Crippen LogP contribution in [0, 0.1) is 5.92 Å². The van der Waals surface area contributed by atoms with Gasteiger partial charge in [-0.2, -0.15) is 0 Å². The highest BCUT2D eigenvalue weighted by Gasteiger charge is 2.28. The second-order valence-electron chi connectivity index (χ2n) is 6.39. The van der Waals surface area contributed by atoms with Crippen molar-refractivity contribution in [3.63, 3.8) is 0 Å². The molecule has 0 amide bonds. The summed E-state index contributed by atoms with van der Waals surface area (Å²) in [6, 6.07) is 0.0135. The summed E-state index contributed by atoms with van der Waals surface area (Å²) < 4.78 is 22.9. The number of nitrogens with zero attached hydrogens (tertiary/aromatic N) is 1. The Kier molecular flexibility index (Phi) is 9.04. The molecule has 1 aliphatic carbocycles. The smallest absolute Gasteiger partial charge is 0.191 e. The zero-order chi connectivity index (χ0) is 15.1. The number of sulfone groups is 1. The van der Waals surface area contributed by atoms with Crippen molar-refractivity contribution >= 4 is 39.8 Å². The number of hydrogen-bond donors (Lipinski definition) is 2. The average molecular weight is 443 g/mol. The fourth-order valence-corrected chi connectivity index (χ4v) is 5.04. The molecule has 2 fully saturated rings. The van der Waals surface area contributed by atoms with Gasteiger partial charge in [0.25, 0.3) is 0 Å². The first kappa shape index (κ1) is 20.0. The average Bonchev–Trinajstić information content (AvgIpc) is 2.82. The molecule has 5 nitrogen and oxygen atoms in total. The first-order chi connectivity index (χ1) is 10.1. The molecule has 2 N–H and O–H groups in total. The lowest BCUT2D eigenvalue weighted by Crippen LogP contribution is -2.44. The number of guanidine groups is 1. The molecular weight excluding hydrogens is 413 g/mol. The molecule has 0 radical (unpaired) electrons. The molecular formula is C15H30IN3O2S. The minimum absolute atomic E-state index is 0. The van der Waals surface area contributed by atoms with Crippen molar-refractivity contribution in [3.8, 4) is 0 Å². The first-order valence-electron chi connectivity index (χ1n) is 8.26. The predicted molar refractivity (Wildman–Crippen MR) is 103 cm³/mol. The van der Waals surface area contributed by atoms with Crippen LogP contribution in [0.2, 0.25) is 0 Å². The number of rotatable bonds is 5. The van der Waals surface area contributed by atoms with Crippen LogP contribution in [0.25, 0.3) is 0 Å². The Balaban J connectivity index is 0.00000242. The van der Waals surface area contributed by atoms with Gasteiger partial charge < -0.3 is 10.6 Å². The van der Waals surface area contributed by atoms with Crippen LogP contribution in [-0.2, 0) is 9.84 Å². The Morgan fingerprint density at radius 2 is 1.91 bits per heavy atom. The summed E-state index contributed by atoms with van der Waals surface area (Å²) >= 11 is 0. The highest BCUT2D eigenvalue weighted by Crippen LogP contribution is 2.26. The molecule has 0 aromatic carbocycles. The van der Waals surface area contributed by atoms with Crippen LogP contribution in [0.5, 0.6) is 0 Å². The molecule has 1 unspecified atom stereocenters. The Hall–Kier alpha value is -0.0500. The molecule has 0 bridgehead atoms. The lowest BCUT2D eigenvalue weighted by Gasteiger charge is -2.22. The van der Waals surface area contributed by atoms with Crippen LogP contribution in [0.4, 0.5) is 0 Å². The minimum atomic E-state index is -2.83. The molecule has 0 aromatic rings. The highest BCUT2D eigenvalue weighted by atomic mass is 127. The minimum Gasteiger partial charge on any atom is -0.356 e. The van der Waals surface area contributed by atoms with E-state index in [2.05, 4.69) is 15.6 Å². The van der Waals surface area contributed by atoms with E-state index in [0.717, 1.165) is 24.8 Å². The molecule has 1 saturated heterocycles. The monoisotopic (exact) mass is 443 g/mol. The van der Waals surface area contributed by atoms with Crippen LogP contribution < -0.4 is 10.6 Å². The Labute approximate surface area is 152 Å². The van der Waals surface area contributed by atoms with Crippen LogP contribution in [0.1, 0.15) is 51.4 Å². The van der Waals surface area contributed by atoms with Gasteiger partial charge in [-0.3, -0.25) is 4.99 Å². The molecule has 0 spiro atoms. The van der Waals surface area contributed by atoms with Gasteiger partial charge in [-0.05, 0) is 25.2 Å². The largest absolute Gasteiger partial charge is 0.356 e. The van der Waals surface area contributed by atoms with E-state index in [0.29, 0.717) is 12.2 Å². The Bertz CT molecular complexity index is 448. The molecule has 1 saturated carbocycles. The van der Waals surface area contributed by atoms with E-state index in [1.165, 1.54) is 38.5 Å². The number of aliphatic imine (C=N–C) groups is 1. The van der Waals surface area contributed by atoms with Crippen LogP contribution in [-0.4, -0.2) is 45.5 Å². The Morgan fingerprint density at radius 3 is 2.50 bits per heavy atom. The summed E-state index contributed by atoms with van der Waals surface area (Å²) in [5, 5.41) is 6.53. The zero-order valence-electron chi connectivity index (χ0n) is 13.5. The van der Waals surface area contributed by atoms with E-state index in [1.807, 2.05) is 0 Å². The summed E-state index contributed by atoms with van der Waals surface area (Å²) in [5.41, 5.74) is 0. The maximum absolute atomic E-state index is 11.4. The third kappa shape index (κ3) is 7.02. The molecule has 2 aliphatic rings. The van der Waals surface area contributed by atoms with Crippen molar-refractivity contribution in [3.05, 3.63) is 0 Å². The van der Waals surface area contributed by atoms with Crippen molar-refractivity contribution < 1.29 is 8.42 Å². The van der Waals surface area contributed by atoms with Gasteiger partial charge in [0, 0.05) is 19.6 Å². The van der Waals surface area contributed by atoms with E-state index in [4.69, 9.17) is 0 Å². The number of halogens is 1. The molecule has 1 atom stereocenters. The molecule has 130 valence electrons. The van der Waals surface area contributed by atoms with Gasteiger partial charge in [0.2, 0.25) is 0 Å². The lowest BCUT2D eigenvalue weighted by atomic mass is 9.86. The molecule has 0 aromatic heterocycles. The van der Waals surface area contributed by atoms with Gasteiger partial charge in [-0.1, -0.05) is 32.1 Å². The SMILES string of the molecule is CN=C(NCCCC1CCCCC1)NC1CCS(=O)(=O)C1.I. The quantitative estimate of drug-likeness (QED) is 0.296. The molecule has 1 aliphatic heterocycles.